The summed E-state index contributed by atoms with van der Waals surface area (Å²) in [7, 11) is 0. The van der Waals surface area contributed by atoms with Gasteiger partial charge in [-0.25, -0.2) is 0 Å². The third-order valence-corrected chi connectivity index (χ3v) is 4.41. The van der Waals surface area contributed by atoms with Gasteiger partial charge in [0, 0.05) is 18.6 Å². The lowest BCUT2D eigenvalue weighted by molar-refractivity contribution is 0.0931. The van der Waals surface area contributed by atoms with Crippen molar-refractivity contribution in [2.45, 2.75) is 32.6 Å². The Morgan fingerprint density at radius 3 is 2.84 bits per heavy atom. The van der Waals surface area contributed by atoms with E-state index < -0.39 is 0 Å². The Morgan fingerprint density at radius 2 is 2.16 bits per heavy atom. The average molecular weight is 281 g/mol. The zero-order chi connectivity index (χ0) is 13.7. The second-order valence-corrected chi connectivity index (χ2v) is 5.65. The molecule has 0 saturated heterocycles. The molecule has 0 bridgehead atoms. The number of amides is 1. The summed E-state index contributed by atoms with van der Waals surface area (Å²) in [5, 5.41) is 3.01. The molecule has 1 aliphatic carbocycles. The van der Waals surface area contributed by atoms with Crippen LogP contribution in [0, 0.1) is 18.8 Å². The molecule has 0 aromatic carbocycles. The van der Waals surface area contributed by atoms with Crippen molar-refractivity contribution in [1.29, 1.82) is 0 Å². The van der Waals surface area contributed by atoms with E-state index in [0.29, 0.717) is 30.0 Å². The highest BCUT2D eigenvalue weighted by Crippen LogP contribution is 2.30. The van der Waals surface area contributed by atoms with Crippen LogP contribution in [0.15, 0.2) is 18.3 Å². The molecule has 1 aromatic rings. The first kappa shape index (κ1) is 14.3. The topological polar surface area (TPSA) is 42.0 Å². The van der Waals surface area contributed by atoms with Crippen LogP contribution >= 0.6 is 11.6 Å². The van der Waals surface area contributed by atoms with Crippen molar-refractivity contribution in [3.63, 3.8) is 0 Å². The van der Waals surface area contributed by atoms with Crippen molar-refractivity contribution < 1.29 is 4.79 Å². The Balaban J connectivity index is 1.91. The Hall–Kier alpha value is -1.09. The second-order valence-electron chi connectivity index (χ2n) is 5.34. The number of halogens is 1. The first-order chi connectivity index (χ1) is 9.22. The number of carbonyl (C=O) groups is 1. The maximum absolute atomic E-state index is 12.1. The summed E-state index contributed by atoms with van der Waals surface area (Å²) < 4.78 is 0. The van der Waals surface area contributed by atoms with Gasteiger partial charge in [-0.2, -0.15) is 0 Å². The van der Waals surface area contributed by atoms with Crippen LogP contribution in [-0.4, -0.2) is 23.3 Å². The van der Waals surface area contributed by atoms with Crippen LogP contribution in [0.5, 0.6) is 0 Å². The maximum Gasteiger partial charge on any atom is 0.270 e. The number of hydrogen-bond acceptors (Lipinski definition) is 2. The molecule has 2 atom stereocenters. The third kappa shape index (κ3) is 3.69. The Bertz CT molecular complexity index is 436. The molecule has 104 valence electrons. The minimum Gasteiger partial charge on any atom is -0.350 e. The normalized spacial score (nSPS) is 23.1. The van der Waals surface area contributed by atoms with E-state index in [-0.39, 0.29) is 5.91 Å². The smallest absolute Gasteiger partial charge is 0.270 e. The molecular formula is C15H21ClN2O. The number of nitrogens with one attached hydrogen (secondary N) is 1. The van der Waals surface area contributed by atoms with Gasteiger partial charge >= 0.3 is 0 Å². The number of pyridine rings is 1. The summed E-state index contributed by atoms with van der Waals surface area (Å²) in [6.07, 6.45) is 6.52. The highest BCUT2D eigenvalue weighted by Gasteiger charge is 2.25. The number of aromatic nitrogens is 1. The number of alkyl halides is 1. The van der Waals surface area contributed by atoms with Gasteiger partial charge in [-0.1, -0.05) is 18.9 Å². The number of nitrogens with zero attached hydrogens (tertiary/aromatic N) is 1. The monoisotopic (exact) mass is 280 g/mol. The molecular weight excluding hydrogens is 260 g/mol. The molecule has 1 aliphatic rings. The Morgan fingerprint density at radius 1 is 1.42 bits per heavy atom. The van der Waals surface area contributed by atoms with Crippen LogP contribution in [0.4, 0.5) is 0 Å². The standard InChI is InChI=1S/C15H21ClN2O/c1-11-5-4-8-17-14(11)15(19)18-10-13-7-3-2-6-12(13)9-16/h4-5,8,12-13H,2-3,6-7,9-10H2,1H3,(H,18,19). The van der Waals surface area contributed by atoms with Crippen molar-refractivity contribution in [1.82, 2.24) is 10.3 Å². The summed E-state index contributed by atoms with van der Waals surface area (Å²) in [6, 6.07) is 3.75. The first-order valence-electron chi connectivity index (χ1n) is 6.98. The number of hydrogen-bond donors (Lipinski definition) is 1. The highest BCUT2D eigenvalue weighted by atomic mass is 35.5. The number of aryl methyl sites for hydroxylation is 1. The average Bonchev–Trinajstić information content (AvgIpc) is 2.45. The summed E-state index contributed by atoms with van der Waals surface area (Å²) in [5.41, 5.74) is 1.44. The predicted octanol–water partition coefficient (Wildman–Crippen LogP) is 3.17. The fourth-order valence-electron chi connectivity index (χ4n) is 2.79. The van der Waals surface area contributed by atoms with Crippen molar-refractivity contribution in [3.8, 4) is 0 Å². The predicted molar refractivity (Wildman–Crippen MR) is 77.5 cm³/mol. The van der Waals surface area contributed by atoms with E-state index in [4.69, 9.17) is 11.6 Å². The lowest BCUT2D eigenvalue weighted by Crippen LogP contribution is -2.35. The largest absolute Gasteiger partial charge is 0.350 e. The van der Waals surface area contributed by atoms with Crippen LogP contribution < -0.4 is 5.32 Å². The third-order valence-electron chi connectivity index (χ3n) is 4.01. The van der Waals surface area contributed by atoms with Gasteiger partial charge in [-0.05, 0) is 43.2 Å². The van der Waals surface area contributed by atoms with Crippen LogP contribution in [0.25, 0.3) is 0 Å². The van der Waals surface area contributed by atoms with Crippen LogP contribution in [0.1, 0.15) is 41.7 Å². The molecule has 0 radical (unpaired) electrons. The molecule has 19 heavy (non-hydrogen) atoms. The number of rotatable bonds is 4. The van der Waals surface area contributed by atoms with Gasteiger partial charge < -0.3 is 5.32 Å². The zero-order valence-corrected chi connectivity index (χ0v) is 12.1. The quantitative estimate of drug-likeness (QED) is 0.861. The van der Waals surface area contributed by atoms with E-state index in [2.05, 4.69) is 10.3 Å². The molecule has 1 N–H and O–H groups in total. The van der Waals surface area contributed by atoms with Gasteiger partial charge in [0.1, 0.15) is 5.69 Å². The van der Waals surface area contributed by atoms with Crippen molar-refractivity contribution in [2.24, 2.45) is 11.8 Å². The summed E-state index contributed by atoms with van der Waals surface area (Å²) in [6.45, 7) is 2.62. The minimum absolute atomic E-state index is 0.0722. The Kier molecular flexibility index (Phi) is 5.20. The molecule has 2 rings (SSSR count). The Labute approximate surface area is 119 Å². The lowest BCUT2D eigenvalue weighted by atomic mass is 9.80. The van der Waals surface area contributed by atoms with Gasteiger partial charge in [-0.15, -0.1) is 11.6 Å². The minimum atomic E-state index is -0.0722. The van der Waals surface area contributed by atoms with E-state index in [0.717, 1.165) is 5.56 Å². The lowest BCUT2D eigenvalue weighted by Gasteiger charge is -2.30. The van der Waals surface area contributed by atoms with E-state index in [9.17, 15) is 4.79 Å². The highest BCUT2D eigenvalue weighted by molar-refractivity contribution is 6.18. The summed E-state index contributed by atoms with van der Waals surface area (Å²) >= 11 is 6.01. The fraction of sp³-hybridized carbons (Fsp3) is 0.600. The van der Waals surface area contributed by atoms with Crippen LogP contribution in [0.2, 0.25) is 0 Å². The van der Waals surface area contributed by atoms with Crippen LogP contribution in [-0.2, 0) is 0 Å². The first-order valence-corrected chi connectivity index (χ1v) is 7.51. The molecule has 0 aliphatic heterocycles. The van der Waals surface area contributed by atoms with E-state index in [1.165, 1.54) is 25.7 Å². The molecule has 1 aromatic heterocycles. The molecule has 1 saturated carbocycles. The van der Waals surface area contributed by atoms with E-state index in [1.807, 2.05) is 19.1 Å². The molecule has 1 heterocycles. The van der Waals surface area contributed by atoms with E-state index in [1.54, 1.807) is 6.20 Å². The number of carbonyl (C=O) groups excluding carboxylic acids is 1. The SMILES string of the molecule is Cc1cccnc1C(=O)NCC1CCCCC1CCl. The van der Waals surface area contributed by atoms with Gasteiger partial charge in [-0.3, -0.25) is 9.78 Å². The molecule has 2 unspecified atom stereocenters. The second kappa shape index (κ2) is 6.90. The molecule has 3 nitrogen and oxygen atoms in total. The van der Waals surface area contributed by atoms with Gasteiger partial charge in [0.15, 0.2) is 0 Å². The van der Waals surface area contributed by atoms with Crippen molar-refractivity contribution in [2.75, 3.05) is 12.4 Å². The van der Waals surface area contributed by atoms with Crippen LogP contribution in [0.3, 0.4) is 0 Å². The summed E-state index contributed by atoms with van der Waals surface area (Å²) in [4.78, 5) is 16.2. The van der Waals surface area contributed by atoms with E-state index >= 15 is 0 Å². The van der Waals surface area contributed by atoms with Gasteiger partial charge in [0.05, 0.1) is 0 Å². The van der Waals surface area contributed by atoms with Crippen molar-refractivity contribution in [3.05, 3.63) is 29.6 Å². The molecule has 4 heteroatoms. The maximum atomic E-state index is 12.1. The zero-order valence-electron chi connectivity index (χ0n) is 11.4. The molecule has 1 amide bonds. The summed E-state index contributed by atoms with van der Waals surface area (Å²) in [5.74, 6) is 1.68. The fourth-order valence-corrected chi connectivity index (χ4v) is 3.19. The van der Waals surface area contributed by atoms with Gasteiger partial charge in [0.2, 0.25) is 0 Å². The van der Waals surface area contributed by atoms with Crippen molar-refractivity contribution >= 4 is 17.5 Å². The molecule has 0 spiro atoms. The van der Waals surface area contributed by atoms with Gasteiger partial charge in [0.25, 0.3) is 5.91 Å². The molecule has 1 fully saturated rings.